The van der Waals surface area contributed by atoms with Gasteiger partial charge in [-0.3, -0.25) is 0 Å². The molecule has 0 aromatic heterocycles. The molecule has 0 amide bonds. The van der Waals surface area contributed by atoms with Gasteiger partial charge in [0, 0.05) is 5.39 Å². The molecule has 0 saturated carbocycles. The van der Waals surface area contributed by atoms with Crippen molar-refractivity contribution < 1.29 is 14.6 Å². The summed E-state index contributed by atoms with van der Waals surface area (Å²) in [7, 11) is 1.66. The Balaban J connectivity index is 2.09. The van der Waals surface area contributed by atoms with E-state index in [0.717, 1.165) is 47.1 Å². The first kappa shape index (κ1) is 13.0. The van der Waals surface area contributed by atoms with Gasteiger partial charge < -0.3 is 14.6 Å². The fourth-order valence-electron chi connectivity index (χ4n) is 2.70. The fourth-order valence-corrected chi connectivity index (χ4v) is 2.70. The van der Waals surface area contributed by atoms with Crippen molar-refractivity contribution in [2.24, 2.45) is 0 Å². The third kappa shape index (κ3) is 2.25. The summed E-state index contributed by atoms with van der Waals surface area (Å²) in [4.78, 5) is 0. The number of rotatable bonds is 3. The lowest BCUT2D eigenvalue weighted by Crippen LogP contribution is -2.08. The minimum absolute atomic E-state index is 0.619. The van der Waals surface area contributed by atoms with E-state index in [1.807, 2.05) is 36.4 Å². The van der Waals surface area contributed by atoms with Gasteiger partial charge in [0.1, 0.15) is 11.9 Å². The quantitative estimate of drug-likeness (QED) is 0.926. The van der Waals surface area contributed by atoms with Gasteiger partial charge in [0.25, 0.3) is 0 Å². The van der Waals surface area contributed by atoms with E-state index in [2.05, 4.69) is 0 Å². The van der Waals surface area contributed by atoms with Crippen LogP contribution < -0.4 is 4.74 Å². The number of aliphatic hydroxyl groups excluding tert-OH is 1. The van der Waals surface area contributed by atoms with Crippen LogP contribution >= 0.6 is 0 Å². The Bertz CT molecular complexity index is 646. The van der Waals surface area contributed by atoms with Gasteiger partial charge in [-0.2, -0.15) is 0 Å². The highest BCUT2D eigenvalue weighted by molar-refractivity contribution is 5.91. The molecule has 0 fully saturated rings. The van der Waals surface area contributed by atoms with Crippen LogP contribution in [0, 0.1) is 0 Å². The lowest BCUT2D eigenvalue weighted by molar-refractivity contribution is 0.171. The molecule has 1 unspecified atom stereocenters. The van der Waals surface area contributed by atoms with Crippen LogP contribution in [0.25, 0.3) is 10.8 Å². The molecular weight excluding hydrogens is 252 g/mol. The van der Waals surface area contributed by atoms with Crippen molar-refractivity contribution >= 4 is 10.8 Å². The van der Waals surface area contributed by atoms with Gasteiger partial charge in [-0.05, 0) is 35.4 Å². The monoisotopic (exact) mass is 270 g/mol. The van der Waals surface area contributed by atoms with Gasteiger partial charge in [-0.25, -0.2) is 0 Å². The predicted octanol–water partition coefficient (Wildman–Crippen LogP) is 3.58. The van der Waals surface area contributed by atoms with Gasteiger partial charge in [-0.1, -0.05) is 30.3 Å². The molecule has 3 heteroatoms. The molecule has 20 heavy (non-hydrogen) atoms. The summed E-state index contributed by atoms with van der Waals surface area (Å²) in [6.07, 6.45) is 2.91. The average Bonchev–Trinajstić information content (AvgIpc) is 2.54. The summed E-state index contributed by atoms with van der Waals surface area (Å²) < 4.78 is 10.7. The van der Waals surface area contributed by atoms with E-state index in [9.17, 15) is 5.11 Å². The van der Waals surface area contributed by atoms with Gasteiger partial charge in [0.05, 0.1) is 20.0 Å². The largest absolute Gasteiger partial charge is 0.501 e. The van der Waals surface area contributed by atoms with Crippen LogP contribution in [0.1, 0.15) is 24.5 Å². The summed E-state index contributed by atoms with van der Waals surface area (Å²) in [6.45, 7) is 0.736. The third-order valence-corrected chi connectivity index (χ3v) is 3.75. The van der Waals surface area contributed by atoms with Crippen LogP contribution in [-0.4, -0.2) is 18.8 Å². The second-order valence-corrected chi connectivity index (χ2v) is 4.97. The molecule has 1 aliphatic heterocycles. The van der Waals surface area contributed by atoms with Gasteiger partial charge in [0.2, 0.25) is 0 Å². The number of benzene rings is 2. The van der Waals surface area contributed by atoms with Gasteiger partial charge in [0.15, 0.2) is 0 Å². The van der Waals surface area contributed by atoms with Crippen molar-refractivity contribution in [2.45, 2.75) is 18.9 Å². The molecule has 0 spiro atoms. The van der Waals surface area contributed by atoms with Crippen LogP contribution in [0.3, 0.4) is 0 Å². The van der Waals surface area contributed by atoms with Crippen LogP contribution in [0.15, 0.2) is 48.2 Å². The highest BCUT2D eigenvalue weighted by atomic mass is 16.5. The minimum Gasteiger partial charge on any atom is -0.501 e. The summed E-state index contributed by atoms with van der Waals surface area (Å²) in [5.41, 5.74) is 1.84. The maximum atomic E-state index is 10.6. The molecule has 0 bridgehead atoms. The number of ether oxygens (including phenoxy) is 2. The Labute approximate surface area is 118 Å². The third-order valence-electron chi connectivity index (χ3n) is 3.75. The Morgan fingerprint density at radius 1 is 1.15 bits per heavy atom. The van der Waals surface area contributed by atoms with E-state index >= 15 is 0 Å². The fraction of sp³-hybridized carbons (Fsp3) is 0.294. The lowest BCUT2D eigenvalue weighted by Gasteiger charge is -2.21. The molecule has 0 radical (unpaired) electrons. The second kappa shape index (κ2) is 5.55. The molecule has 0 saturated heterocycles. The number of aliphatic hydroxyl groups is 1. The van der Waals surface area contributed by atoms with E-state index in [0.29, 0.717) is 0 Å². The van der Waals surface area contributed by atoms with Crippen molar-refractivity contribution in [1.29, 1.82) is 0 Å². The summed E-state index contributed by atoms with van der Waals surface area (Å²) in [5.74, 6) is 0.824. The SMILES string of the molecule is COc1ccc(C(O)C2=COCCC2)c2ccccc12. The Morgan fingerprint density at radius 3 is 2.65 bits per heavy atom. The Hall–Kier alpha value is -2.00. The van der Waals surface area contributed by atoms with Crippen LogP contribution in [0.4, 0.5) is 0 Å². The molecule has 3 rings (SSSR count). The van der Waals surface area contributed by atoms with Crippen LogP contribution in [0.2, 0.25) is 0 Å². The smallest absolute Gasteiger partial charge is 0.126 e. The Kier molecular flexibility index (Phi) is 3.61. The van der Waals surface area contributed by atoms with Crippen molar-refractivity contribution in [3.05, 3.63) is 53.8 Å². The zero-order chi connectivity index (χ0) is 13.9. The lowest BCUT2D eigenvalue weighted by atomic mass is 9.93. The van der Waals surface area contributed by atoms with Crippen molar-refractivity contribution in [2.75, 3.05) is 13.7 Å². The molecule has 3 nitrogen and oxygen atoms in total. The molecule has 104 valence electrons. The highest BCUT2D eigenvalue weighted by Gasteiger charge is 2.19. The van der Waals surface area contributed by atoms with E-state index < -0.39 is 6.10 Å². The van der Waals surface area contributed by atoms with E-state index in [1.54, 1.807) is 13.4 Å². The molecule has 2 aromatic rings. The first-order chi connectivity index (χ1) is 9.81. The highest BCUT2D eigenvalue weighted by Crippen LogP contribution is 2.35. The van der Waals surface area contributed by atoms with Crippen molar-refractivity contribution in [1.82, 2.24) is 0 Å². The van der Waals surface area contributed by atoms with E-state index in [4.69, 9.17) is 9.47 Å². The molecule has 1 aliphatic rings. The zero-order valence-corrected chi connectivity index (χ0v) is 11.5. The topological polar surface area (TPSA) is 38.7 Å². The second-order valence-electron chi connectivity index (χ2n) is 4.97. The summed E-state index contributed by atoms with van der Waals surface area (Å²) >= 11 is 0. The molecule has 1 N–H and O–H groups in total. The van der Waals surface area contributed by atoms with E-state index in [-0.39, 0.29) is 0 Å². The number of fused-ring (bicyclic) bond motifs is 1. The Morgan fingerprint density at radius 2 is 1.95 bits per heavy atom. The minimum atomic E-state index is -0.619. The number of hydrogen-bond acceptors (Lipinski definition) is 3. The average molecular weight is 270 g/mol. The standard InChI is InChI=1S/C17H18O3/c1-19-16-9-8-15(13-6-2-3-7-14(13)16)17(18)12-5-4-10-20-11-12/h2-3,6-9,11,17-18H,4-5,10H2,1H3. The summed E-state index contributed by atoms with van der Waals surface area (Å²) in [6, 6.07) is 11.8. The van der Waals surface area contributed by atoms with Crippen LogP contribution in [0.5, 0.6) is 5.75 Å². The first-order valence-corrected chi connectivity index (χ1v) is 6.85. The predicted molar refractivity (Wildman–Crippen MR) is 78.7 cm³/mol. The zero-order valence-electron chi connectivity index (χ0n) is 11.5. The first-order valence-electron chi connectivity index (χ1n) is 6.85. The molecular formula is C17H18O3. The molecule has 2 aromatic carbocycles. The maximum Gasteiger partial charge on any atom is 0.126 e. The molecule has 1 atom stereocenters. The molecule has 0 aliphatic carbocycles. The van der Waals surface area contributed by atoms with Crippen molar-refractivity contribution in [3.8, 4) is 5.75 Å². The maximum absolute atomic E-state index is 10.6. The normalized spacial score (nSPS) is 16.4. The van der Waals surface area contributed by atoms with E-state index in [1.165, 1.54) is 0 Å². The summed E-state index contributed by atoms with van der Waals surface area (Å²) in [5, 5.41) is 12.7. The number of methoxy groups -OCH3 is 1. The number of hydrogen-bond donors (Lipinski definition) is 1. The van der Waals surface area contributed by atoms with Crippen molar-refractivity contribution in [3.63, 3.8) is 0 Å². The van der Waals surface area contributed by atoms with Crippen LogP contribution in [-0.2, 0) is 4.74 Å². The van der Waals surface area contributed by atoms with Gasteiger partial charge in [-0.15, -0.1) is 0 Å². The molecule has 1 heterocycles. The van der Waals surface area contributed by atoms with Gasteiger partial charge >= 0.3 is 0 Å².